The summed E-state index contributed by atoms with van der Waals surface area (Å²) in [6, 6.07) is 0. The molecule has 1 amide bonds. The normalized spacial score (nSPS) is 7.69. The molecule has 0 saturated carbocycles. The first kappa shape index (κ1) is 14.3. The quantitative estimate of drug-likeness (QED) is 0.633. The maximum atomic E-state index is 10.9. The molecule has 76 valence electrons. The number of carbonyl (C=O) groups excluding carboxylic acids is 1. The summed E-state index contributed by atoms with van der Waals surface area (Å²) in [4.78, 5) is 12.3. The van der Waals surface area contributed by atoms with E-state index in [0.29, 0.717) is 12.2 Å². The summed E-state index contributed by atoms with van der Waals surface area (Å²) in [7, 11) is 1.33. The first-order valence-electron chi connectivity index (χ1n) is 4.34. The van der Waals surface area contributed by atoms with Gasteiger partial charge in [-0.2, -0.15) is 0 Å². The third kappa shape index (κ3) is 5.06. The number of allylic oxidation sites excluding steroid dienone is 1. The Labute approximate surface area is 80.7 Å². The summed E-state index contributed by atoms with van der Waals surface area (Å²) in [5, 5.41) is 0. The molecular weight excluding hydrogens is 166 g/mol. The van der Waals surface area contributed by atoms with Crippen molar-refractivity contribution in [1.82, 2.24) is 4.90 Å². The maximum Gasteiger partial charge on any atom is 0.413 e. The summed E-state index contributed by atoms with van der Waals surface area (Å²) in [6.45, 7) is 13.5. The van der Waals surface area contributed by atoms with Crippen molar-refractivity contribution in [3.05, 3.63) is 24.9 Å². The molecule has 0 bridgehead atoms. The molecule has 3 nitrogen and oxygen atoms in total. The molecule has 3 heteroatoms. The largest absolute Gasteiger partial charge is 0.452 e. The molecule has 0 spiro atoms. The molecule has 0 aliphatic carbocycles. The van der Waals surface area contributed by atoms with Crippen molar-refractivity contribution in [2.45, 2.75) is 20.8 Å². The van der Waals surface area contributed by atoms with Gasteiger partial charge in [0.15, 0.2) is 0 Å². The number of methoxy groups -OCH3 is 1. The number of hydrogen-bond donors (Lipinski definition) is 0. The van der Waals surface area contributed by atoms with Crippen molar-refractivity contribution in [1.29, 1.82) is 0 Å². The van der Waals surface area contributed by atoms with E-state index >= 15 is 0 Å². The van der Waals surface area contributed by atoms with Crippen molar-refractivity contribution in [3.8, 4) is 0 Å². The fourth-order valence-electron chi connectivity index (χ4n) is 0.670. The Morgan fingerprint density at radius 1 is 1.54 bits per heavy atom. The lowest BCUT2D eigenvalue weighted by atomic mass is 10.4. The monoisotopic (exact) mass is 185 g/mol. The number of rotatable bonds is 3. The topological polar surface area (TPSA) is 29.5 Å². The maximum absolute atomic E-state index is 10.9. The third-order valence-electron chi connectivity index (χ3n) is 1.29. The van der Waals surface area contributed by atoms with Crippen LogP contribution in [-0.2, 0) is 4.74 Å². The van der Waals surface area contributed by atoms with Crippen molar-refractivity contribution in [2.75, 3.05) is 13.7 Å². The molecule has 0 aromatic heterocycles. The second kappa shape index (κ2) is 8.84. The predicted molar refractivity (Wildman–Crippen MR) is 55.5 cm³/mol. The zero-order valence-corrected chi connectivity index (χ0v) is 8.96. The number of carbonyl (C=O) groups is 1. The van der Waals surface area contributed by atoms with E-state index < -0.39 is 6.09 Å². The van der Waals surface area contributed by atoms with Gasteiger partial charge in [0, 0.05) is 12.2 Å². The molecule has 0 rings (SSSR count). The lowest BCUT2D eigenvalue weighted by Crippen LogP contribution is -2.28. The van der Waals surface area contributed by atoms with Crippen LogP contribution in [0, 0.1) is 0 Å². The zero-order valence-electron chi connectivity index (χ0n) is 8.96. The van der Waals surface area contributed by atoms with Gasteiger partial charge in [0.1, 0.15) is 0 Å². The van der Waals surface area contributed by atoms with E-state index in [4.69, 9.17) is 0 Å². The number of ether oxygens (including phenoxy) is 1. The van der Waals surface area contributed by atoms with Crippen molar-refractivity contribution in [3.63, 3.8) is 0 Å². The van der Waals surface area contributed by atoms with Crippen LogP contribution in [0.1, 0.15) is 20.8 Å². The first-order valence-corrected chi connectivity index (χ1v) is 4.34. The molecule has 0 atom stereocenters. The number of hydrogen-bond acceptors (Lipinski definition) is 2. The molecule has 0 aromatic carbocycles. The van der Waals surface area contributed by atoms with Gasteiger partial charge in [-0.3, -0.25) is 4.90 Å². The van der Waals surface area contributed by atoms with Crippen LogP contribution in [0.3, 0.4) is 0 Å². The van der Waals surface area contributed by atoms with E-state index in [1.807, 2.05) is 20.8 Å². The lowest BCUT2D eigenvalue weighted by molar-refractivity contribution is 0.139. The third-order valence-corrected chi connectivity index (χ3v) is 1.29. The Balaban J connectivity index is 0. The molecule has 0 aliphatic rings. The smallest absolute Gasteiger partial charge is 0.413 e. The average Bonchev–Trinajstić information content (AvgIpc) is 2.21. The molecule has 0 saturated heterocycles. The van der Waals surface area contributed by atoms with Crippen LogP contribution in [-0.4, -0.2) is 24.6 Å². The van der Waals surface area contributed by atoms with Crippen LogP contribution in [0.4, 0.5) is 4.79 Å². The summed E-state index contributed by atoms with van der Waals surface area (Å²) >= 11 is 0. The predicted octanol–water partition coefficient (Wildman–Crippen LogP) is 2.80. The summed E-state index contributed by atoms with van der Waals surface area (Å²) in [6.07, 6.45) is 1.11. The molecule has 0 unspecified atom stereocenters. The van der Waals surface area contributed by atoms with Crippen LogP contribution in [0.2, 0.25) is 0 Å². The van der Waals surface area contributed by atoms with E-state index in [1.165, 1.54) is 18.1 Å². The van der Waals surface area contributed by atoms with Crippen LogP contribution in [0.15, 0.2) is 24.9 Å². The van der Waals surface area contributed by atoms with E-state index in [2.05, 4.69) is 17.9 Å². The average molecular weight is 185 g/mol. The van der Waals surface area contributed by atoms with E-state index in [0.717, 1.165) is 0 Å². The van der Waals surface area contributed by atoms with Crippen LogP contribution < -0.4 is 0 Å². The van der Waals surface area contributed by atoms with Crippen LogP contribution in [0.5, 0.6) is 0 Å². The SMILES string of the molecule is C=CC(=C)N(CC)C(=O)OC.CC. The Morgan fingerprint density at radius 2 is 2.00 bits per heavy atom. The lowest BCUT2D eigenvalue weighted by Gasteiger charge is -2.18. The van der Waals surface area contributed by atoms with Crippen molar-refractivity contribution >= 4 is 6.09 Å². The van der Waals surface area contributed by atoms with Gasteiger partial charge in [-0.05, 0) is 13.0 Å². The molecule has 13 heavy (non-hydrogen) atoms. The number of amides is 1. The van der Waals surface area contributed by atoms with Gasteiger partial charge in [-0.15, -0.1) is 0 Å². The highest BCUT2D eigenvalue weighted by Gasteiger charge is 2.11. The molecule has 0 N–H and O–H groups in total. The minimum absolute atomic E-state index is 0.405. The fourth-order valence-corrected chi connectivity index (χ4v) is 0.670. The standard InChI is InChI=1S/C8H13NO2.C2H6/c1-5-7(3)9(6-2)8(10)11-4;1-2/h5H,1,3,6H2,2,4H3;1-2H3. The Bertz CT molecular complexity index is 176. The van der Waals surface area contributed by atoms with Gasteiger partial charge in [0.25, 0.3) is 0 Å². The van der Waals surface area contributed by atoms with Gasteiger partial charge < -0.3 is 4.74 Å². The van der Waals surface area contributed by atoms with E-state index in [1.54, 1.807) is 0 Å². The van der Waals surface area contributed by atoms with E-state index in [-0.39, 0.29) is 0 Å². The van der Waals surface area contributed by atoms with Gasteiger partial charge >= 0.3 is 6.09 Å². The first-order chi connectivity index (χ1) is 6.17. The highest BCUT2D eigenvalue weighted by atomic mass is 16.5. The molecule has 0 fully saturated rings. The fraction of sp³-hybridized carbons (Fsp3) is 0.500. The molecule has 0 heterocycles. The zero-order chi connectivity index (χ0) is 10.9. The minimum Gasteiger partial charge on any atom is -0.452 e. The summed E-state index contributed by atoms with van der Waals surface area (Å²) < 4.78 is 4.50. The molecule has 0 aliphatic heterocycles. The van der Waals surface area contributed by atoms with Crippen LogP contribution >= 0.6 is 0 Å². The molecular formula is C10H19NO2. The van der Waals surface area contributed by atoms with E-state index in [9.17, 15) is 4.79 Å². The highest BCUT2D eigenvalue weighted by molar-refractivity contribution is 5.70. The highest BCUT2D eigenvalue weighted by Crippen LogP contribution is 2.03. The van der Waals surface area contributed by atoms with Crippen molar-refractivity contribution < 1.29 is 9.53 Å². The Kier molecular flexibility index (Phi) is 9.72. The van der Waals surface area contributed by atoms with Gasteiger partial charge in [-0.1, -0.05) is 27.0 Å². The second-order valence-corrected chi connectivity index (χ2v) is 1.91. The number of nitrogens with zero attached hydrogens (tertiary/aromatic N) is 1. The number of likely N-dealkylation sites (N-methyl/N-ethyl adjacent to an activating group) is 1. The Hall–Kier alpha value is -1.25. The summed E-state index contributed by atoms with van der Waals surface area (Å²) in [5.74, 6) is 0. The van der Waals surface area contributed by atoms with Crippen LogP contribution in [0.25, 0.3) is 0 Å². The van der Waals surface area contributed by atoms with Crippen molar-refractivity contribution in [2.24, 2.45) is 0 Å². The minimum atomic E-state index is -0.405. The Morgan fingerprint density at radius 3 is 2.23 bits per heavy atom. The van der Waals surface area contributed by atoms with Gasteiger partial charge in [0.05, 0.1) is 7.11 Å². The molecule has 0 radical (unpaired) electrons. The van der Waals surface area contributed by atoms with Gasteiger partial charge in [0.2, 0.25) is 0 Å². The molecule has 0 aromatic rings. The second-order valence-electron chi connectivity index (χ2n) is 1.91. The van der Waals surface area contributed by atoms with Gasteiger partial charge in [-0.25, -0.2) is 4.79 Å². The summed E-state index contributed by atoms with van der Waals surface area (Å²) in [5.41, 5.74) is 0.555.